The van der Waals surface area contributed by atoms with Crippen LogP contribution in [0.3, 0.4) is 0 Å². The van der Waals surface area contributed by atoms with Crippen molar-refractivity contribution in [2.75, 3.05) is 0 Å². The highest BCUT2D eigenvalue weighted by molar-refractivity contribution is 6.29. The fourth-order valence-corrected chi connectivity index (χ4v) is 2.38. The Labute approximate surface area is 111 Å². The van der Waals surface area contributed by atoms with Crippen LogP contribution < -0.4 is 0 Å². The third-order valence-corrected chi connectivity index (χ3v) is 3.33. The number of ketones is 2. The Kier molecular flexibility index (Phi) is 2.71. The Morgan fingerprint density at radius 2 is 1.25 bits per heavy atom. The number of hydrogen-bond acceptors (Lipinski definition) is 2. The van der Waals surface area contributed by atoms with Crippen LogP contribution in [-0.4, -0.2) is 11.6 Å². The maximum atomic E-state index is 13.7. The van der Waals surface area contributed by atoms with Crippen LogP contribution in [0.25, 0.3) is 0 Å². The Morgan fingerprint density at radius 1 is 0.750 bits per heavy atom. The highest BCUT2D eigenvalue weighted by Gasteiger charge is 2.41. The maximum absolute atomic E-state index is 13.7. The average Bonchev–Trinajstić information content (AvgIpc) is 2.68. The summed E-state index contributed by atoms with van der Waals surface area (Å²) in [7, 11) is 0. The van der Waals surface area contributed by atoms with Crippen LogP contribution in [0.1, 0.15) is 32.2 Å². The number of carbonyl (C=O) groups excluding carboxylic acids is 2. The summed E-state index contributed by atoms with van der Waals surface area (Å²) in [5, 5.41) is 0. The van der Waals surface area contributed by atoms with Gasteiger partial charge in [0.2, 0.25) is 0 Å². The summed E-state index contributed by atoms with van der Waals surface area (Å²) in [4.78, 5) is 24.3. The molecule has 0 fully saturated rings. The molecule has 1 aliphatic carbocycles. The van der Waals surface area contributed by atoms with E-state index in [1.165, 1.54) is 12.1 Å². The van der Waals surface area contributed by atoms with Crippen LogP contribution in [0, 0.1) is 17.5 Å². The van der Waals surface area contributed by atoms with Gasteiger partial charge >= 0.3 is 0 Å². The molecular formula is C15H7F3O2. The molecule has 1 aliphatic rings. The van der Waals surface area contributed by atoms with E-state index in [1.807, 2.05) is 0 Å². The summed E-state index contributed by atoms with van der Waals surface area (Å²) in [5.74, 6) is -6.41. The van der Waals surface area contributed by atoms with Gasteiger partial charge in [0.25, 0.3) is 0 Å². The third-order valence-electron chi connectivity index (χ3n) is 3.33. The van der Waals surface area contributed by atoms with Gasteiger partial charge in [-0.15, -0.1) is 0 Å². The van der Waals surface area contributed by atoms with Crippen LogP contribution in [0.4, 0.5) is 13.2 Å². The van der Waals surface area contributed by atoms with Crippen molar-refractivity contribution >= 4 is 11.6 Å². The number of benzene rings is 2. The van der Waals surface area contributed by atoms with E-state index in [0.717, 1.165) is 0 Å². The highest BCUT2D eigenvalue weighted by atomic mass is 19.2. The Hall–Kier alpha value is -2.43. The summed E-state index contributed by atoms with van der Waals surface area (Å²) in [6, 6.07) is 6.97. The van der Waals surface area contributed by atoms with E-state index in [0.29, 0.717) is 12.1 Å². The standard InChI is InChI=1S/C15H7F3O2/c16-10-6-12(18)11(17)5-9(10)13-14(19)7-3-1-2-4-8(7)15(13)20/h1-6,13H. The minimum atomic E-state index is -1.44. The molecule has 2 nitrogen and oxygen atoms in total. The molecular weight excluding hydrogens is 269 g/mol. The van der Waals surface area contributed by atoms with Crippen LogP contribution in [0.5, 0.6) is 0 Å². The van der Waals surface area contributed by atoms with E-state index >= 15 is 0 Å². The molecule has 100 valence electrons. The van der Waals surface area contributed by atoms with E-state index in [9.17, 15) is 22.8 Å². The first kappa shape index (κ1) is 12.6. The van der Waals surface area contributed by atoms with Crippen molar-refractivity contribution in [1.82, 2.24) is 0 Å². The minimum absolute atomic E-state index is 0.173. The monoisotopic (exact) mass is 276 g/mol. The topological polar surface area (TPSA) is 34.1 Å². The molecule has 0 saturated carbocycles. The molecule has 2 aromatic carbocycles. The Morgan fingerprint density at radius 3 is 1.80 bits per heavy atom. The first-order valence-electron chi connectivity index (χ1n) is 5.82. The molecule has 0 unspecified atom stereocenters. The van der Waals surface area contributed by atoms with E-state index in [2.05, 4.69) is 0 Å². The van der Waals surface area contributed by atoms with Gasteiger partial charge in [-0.2, -0.15) is 0 Å². The third kappa shape index (κ3) is 1.66. The van der Waals surface area contributed by atoms with Crippen molar-refractivity contribution in [3.63, 3.8) is 0 Å². The van der Waals surface area contributed by atoms with Crippen molar-refractivity contribution in [3.05, 3.63) is 70.5 Å². The molecule has 0 spiro atoms. The molecule has 0 radical (unpaired) electrons. The average molecular weight is 276 g/mol. The molecule has 0 N–H and O–H groups in total. The highest BCUT2D eigenvalue weighted by Crippen LogP contribution is 2.35. The fourth-order valence-electron chi connectivity index (χ4n) is 2.38. The van der Waals surface area contributed by atoms with E-state index in [1.54, 1.807) is 12.1 Å². The van der Waals surface area contributed by atoms with Crippen LogP contribution in [0.15, 0.2) is 36.4 Å². The van der Waals surface area contributed by atoms with E-state index < -0.39 is 40.5 Å². The molecule has 0 amide bonds. The van der Waals surface area contributed by atoms with Gasteiger partial charge in [-0.25, -0.2) is 13.2 Å². The lowest BCUT2D eigenvalue weighted by molar-refractivity contribution is 0.0887. The largest absolute Gasteiger partial charge is 0.293 e. The molecule has 5 heteroatoms. The summed E-state index contributed by atoms with van der Waals surface area (Å²) in [6.45, 7) is 0. The summed E-state index contributed by atoms with van der Waals surface area (Å²) < 4.78 is 39.9. The van der Waals surface area contributed by atoms with Gasteiger partial charge in [-0.05, 0) is 6.07 Å². The summed E-state index contributed by atoms with van der Waals surface area (Å²) in [6.07, 6.45) is 0. The minimum Gasteiger partial charge on any atom is -0.293 e. The second kappa shape index (κ2) is 4.30. The van der Waals surface area contributed by atoms with Crippen molar-refractivity contribution < 1.29 is 22.8 Å². The number of fused-ring (bicyclic) bond motifs is 1. The Bertz CT molecular complexity index is 718. The zero-order valence-electron chi connectivity index (χ0n) is 9.99. The summed E-state index contributed by atoms with van der Waals surface area (Å²) in [5.41, 5.74) is -0.0895. The molecule has 20 heavy (non-hydrogen) atoms. The van der Waals surface area contributed by atoms with Gasteiger partial charge in [0.1, 0.15) is 11.7 Å². The van der Waals surface area contributed by atoms with Gasteiger partial charge in [-0.1, -0.05) is 24.3 Å². The molecule has 0 aromatic heterocycles. The zero-order valence-corrected chi connectivity index (χ0v) is 9.99. The fraction of sp³-hybridized carbons (Fsp3) is 0.0667. The van der Waals surface area contributed by atoms with E-state index in [-0.39, 0.29) is 11.1 Å². The lowest BCUT2D eigenvalue weighted by atomic mass is 9.93. The molecule has 2 aromatic rings. The number of Topliss-reactive ketones (excluding diaryl/α,β-unsaturated/α-hetero) is 2. The second-order valence-corrected chi connectivity index (χ2v) is 4.49. The molecule has 0 bridgehead atoms. The van der Waals surface area contributed by atoms with Gasteiger partial charge in [-0.3, -0.25) is 9.59 Å². The van der Waals surface area contributed by atoms with E-state index in [4.69, 9.17) is 0 Å². The van der Waals surface area contributed by atoms with Gasteiger partial charge < -0.3 is 0 Å². The van der Waals surface area contributed by atoms with Crippen molar-refractivity contribution in [2.24, 2.45) is 0 Å². The lowest BCUT2D eigenvalue weighted by Crippen LogP contribution is -2.15. The van der Waals surface area contributed by atoms with Gasteiger partial charge in [0.15, 0.2) is 23.2 Å². The van der Waals surface area contributed by atoms with Gasteiger partial charge in [0.05, 0.1) is 0 Å². The summed E-state index contributed by atoms with van der Waals surface area (Å²) >= 11 is 0. The molecule has 0 heterocycles. The molecule has 0 saturated heterocycles. The maximum Gasteiger partial charge on any atom is 0.178 e. The first-order chi connectivity index (χ1) is 9.50. The molecule has 0 atom stereocenters. The van der Waals surface area contributed by atoms with Crippen LogP contribution >= 0.6 is 0 Å². The first-order valence-corrected chi connectivity index (χ1v) is 5.82. The number of halogens is 3. The Balaban J connectivity index is 2.17. The molecule has 0 aliphatic heterocycles. The number of carbonyl (C=O) groups is 2. The number of hydrogen-bond donors (Lipinski definition) is 0. The predicted octanol–water partition coefficient (Wildman–Crippen LogP) is 3.27. The predicted molar refractivity (Wildman–Crippen MR) is 64.2 cm³/mol. The van der Waals surface area contributed by atoms with Crippen molar-refractivity contribution in [2.45, 2.75) is 5.92 Å². The number of rotatable bonds is 1. The van der Waals surface area contributed by atoms with Crippen molar-refractivity contribution in [1.29, 1.82) is 0 Å². The smallest absolute Gasteiger partial charge is 0.178 e. The quantitative estimate of drug-likeness (QED) is 0.591. The van der Waals surface area contributed by atoms with Gasteiger partial charge in [0, 0.05) is 22.8 Å². The second-order valence-electron chi connectivity index (χ2n) is 4.49. The zero-order chi connectivity index (χ0) is 14.4. The van der Waals surface area contributed by atoms with Crippen LogP contribution in [-0.2, 0) is 0 Å². The lowest BCUT2D eigenvalue weighted by Gasteiger charge is -2.09. The van der Waals surface area contributed by atoms with Crippen LogP contribution in [0.2, 0.25) is 0 Å². The van der Waals surface area contributed by atoms with Crippen molar-refractivity contribution in [3.8, 4) is 0 Å². The normalized spacial score (nSPS) is 14.8. The SMILES string of the molecule is O=C1c2ccccc2C(=O)C1c1cc(F)c(F)cc1F. The molecule has 3 rings (SSSR count).